The summed E-state index contributed by atoms with van der Waals surface area (Å²) in [7, 11) is -0.669. The van der Waals surface area contributed by atoms with Gasteiger partial charge in [-0.15, -0.1) is 0 Å². The van der Waals surface area contributed by atoms with Gasteiger partial charge in [0.15, 0.2) is 0 Å². The zero-order valence-electron chi connectivity index (χ0n) is 25.0. The minimum Gasteiger partial charge on any atom is -0.444 e. The number of hydrogen-bond acceptors (Lipinski definition) is 8. The maximum absolute atomic E-state index is 13.8. The molecule has 4 aliphatic rings. The van der Waals surface area contributed by atoms with E-state index >= 15 is 0 Å². The Morgan fingerprint density at radius 3 is 2.55 bits per heavy atom. The lowest BCUT2D eigenvalue weighted by Crippen LogP contribution is -2.59. The summed E-state index contributed by atoms with van der Waals surface area (Å²) in [4.78, 5) is 45.7. The minimum absolute atomic E-state index is 0.0187. The largest absolute Gasteiger partial charge is 0.444 e. The van der Waals surface area contributed by atoms with Crippen molar-refractivity contribution < 1.29 is 27.5 Å². The second kappa shape index (κ2) is 10.8. The van der Waals surface area contributed by atoms with Crippen LogP contribution in [0, 0.1) is 17.2 Å². The van der Waals surface area contributed by atoms with Crippen molar-refractivity contribution in [2.75, 3.05) is 27.2 Å². The predicted octanol–water partition coefficient (Wildman–Crippen LogP) is 1.69. The van der Waals surface area contributed by atoms with E-state index in [1.165, 1.54) is 14.1 Å². The van der Waals surface area contributed by atoms with Crippen molar-refractivity contribution in [1.82, 2.24) is 24.3 Å². The van der Waals surface area contributed by atoms with Crippen LogP contribution in [0.3, 0.4) is 0 Å². The molecule has 0 radical (unpaired) electrons. The van der Waals surface area contributed by atoms with Crippen molar-refractivity contribution in [2.24, 2.45) is 5.92 Å². The fourth-order valence-electron chi connectivity index (χ4n) is 6.64. The second-order valence-electron chi connectivity index (χ2n) is 13.0. The maximum Gasteiger partial charge on any atom is 0.408 e. The molecule has 1 aromatic rings. The Morgan fingerprint density at radius 1 is 1.21 bits per heavy atom. The molecule has 42 heavy (non-hydrogen) atoms. The Balaban J connectivity index is 1.32. The highest BCUT2D eigenvalue weighted by Crippen LogP contribution is 2.48. The van der Waals surface area contributed by atoms with Crippen LogP contribution in [0.4, 0.5) is 4.79 Å². The number of likely N-dealkylation sites (tertiary alicyclic amines) is 3. The van der Waals surface area contributed by atoms with E-state index in [0.29, 0.717) is 25.3 Å². The van der Waals surface area contributed by atoms with E-state index in [2.05, 4.69) is 11.4 Å². The molecular formula is C29H40N6O6S. The zero-order valence-corrected chi connectivity index (χ0v) is 25.8. The van der Waals surface area contributed by atoms with Crippen LogP contribution in [0.2, 0.25) is 0 Å². The van der Waals surface area contributed by atoms with Gasteiger partial charge in [-0.2, -0.15) is 5.26 Å². The van der Waals surface area contributed by atoms with Crippen LogP contribution in [-0.4, -0.2) is 108 Å². The standard InChI is InChI=1S/C29H40N6O6S/c1-17(18-8-7-9-22(11-18)42(39,40)32(5)6)34-21-13-25(27(34)37)33(15-21)16-23(31-28(38)41-29(2,3)4)26(36)35-20(14-30)10-19-12-24(19)35/h7-9,11,17,19-21,23-25H,10,12-13,15-16H2,1-6H3,(H,31,38)/t17-,19+,20-,21-,23-,24-,25-/m0/s1. The van der Waals surface area contributed by atoms with Crippen molar-refractivity contribution in [2.45, 2.75) is 93.7 Å². The van der Waals surface area contributed by atoms with E-state index in [1.54, 1.807) is 43.9 Å². The number of carbonyl (C=O) groups is 3. The van der Waals surface area contributed by atoms with Crippen LogP contribution in [0.5, 0.6) is 0 Å². The number of piperazine rings is 1. The number of hydrogen-bond donors (Lipinski definition) is 1. The van der Waals surface area contributed by atoms with Crippen molar-refractivity contribution in [3.63, 3.8) is 0 Å². The van der Waals surface area contributed by atoms with Gasteiger partial charge in [0.25, 0.3) is 0 Å². The Kier molecular flexibility index (Phi) is 7.79. The van der Waals surface area contributed by atoms with Gasteiger partial charge in [0.2, 0.25) is 21.8 Å². The molecule has 1 aromatic carbocycles. The number of piperidine rings is 1. The lowest BCUT2D eigenvalue weighted by atomic mass is 10.1. The van der Waals surface area contributed by atoms with E-state index in [4.69, 9.17) is 4.74 Å². The SMILES string of the molecule is C[C@@H](c1cccc(S(=O)(=O)N(C)C)c1)N1C(=O)[C@@H]2C[C@H]1CN2C[C@H](NC(=O)OC(C)(C)C)C(=O)N1[C@H](C#N)C[C@@H]2C[C@@H]21. The first-order valence-electron chi connectivity index (χ1n) is 14.4. The molecule has 3 heterocycles. The van der Waals surface area contributed by atoms with Crippen LogP contribution in [-0.2, 0) is 24.3 Å². The third-order valence-electron chi connectivity index (χ3n) is 8.76. The van der Waals surface area contributed by atoms with Gasteiger partial charge in [-0.25, -0.2) is 17.5 Å². The van der Waals surface area contributed by atoms with Gasteiger partial charge in [0, 0.05) is 39.3 Å². The molecule has 0 unspecified atom stereocenters. The number of amides is 3. The Bertz CT molecular complexity index is 1420. The highest BCUT2D eigenvalue weighted by molar-refractivity contribution is 7.89. The van der Waals surface area contributed by atoms with Crippen LogP contribution >= 0.6 is 0 Å². The summed E-state index contributed by atoms with van der Waals surface area (Å²) in [5.74, 6) is -0.0930. The van der Waals surface area contributed by atoms with Crippen LogP contribution in [0.25, 0.3) is 0 Å². The van der Waals surface area contributed by atoms with E-state index in [1.807, 2.05) is 22.8 Å². The molecule has 228 valence electrons. The highest BCUT2D eigenvalue weighted by Gasteiger charge is 2.56. The van der Waals surface area contributed by atoms with Crippen LogP contribution in [0.1, 0.15) is 58.6 Å². The molecule has 3 aliphatic heterocycles. The summed E-state index contributed by atoms with van der Waals surface area (Å²) >= 11 is 0. The lowest BCUT2D eigenvalue weighted by molar-refractivity contribution is -0.141. The van der Waals surface area contributed by atoms with Gasteiger partial charge in [-0.3, -0.25) is 14.5 Å². The van der Waals surface area contributed by atoms with Gasteiger partial charge in [0.1, 0.15) is 17.7 Å². The van der Waals surface area contributed by atoms with Crippen molar-refractivity contribution >= 4 is 27.9 Å². The number of benzene rings is 1. The Hall–Kier alpha value is -3.21. The summed E-state index contributed by atoms with van der Waals surface area (Å²) in [6.07, 6.45) is 1.35. The van der Waals surface area contributed by atoms with E-state index in [9.17, 15) is 28.1 Å². The second-order valence-corrected chi connectivity index (χ2v) is 15.2. The van der Waals surface area contributed by atoms with Crippen LogP contribution in [0.15, 0.2) is 29.2 Å². The molecule has 2 bridgehead atoms. The highest BCUT2D eigenvalue weighted by atomic mass is 32.2. The zero-order chi connectivity index (χ0) is 30.7. The van der Waals surface area contributed by atoms with Crippen molar-refractivity contribution in [1.29, 1.82) is 5.26 Å². The normalized spacial score (nSPS) is 28.4. The number of rotatable bonds is 8. The topological polar surface area (TPSA) is 143 Å². The van der Waals surface area contributed by atoms with Gasteiger partial charge in [-0.1, -0.05) is 12.1 Å². The van der Waals surface area contributed by atoms with E-state index in [0.717, 1.165) is 16.3 Å². The van der Waals surface area contributed by atoms with Crippen LogP contribution < -0.4 is 5.32 Å². The Labute approximate surface area is 247 Å². The van der Waals surface area contributed by atoms with E-state index in [-0.39, 0.29) is 41.4 Å². The fourth-order valence-corrected chi connectivity index (χ4v) is 7.60. The molecule has 13 heteroatoms. The molecule has 5 rings (SSSR count). The number of sulfonamides is 1. The summed E-state index contributed by atoms with van der Waals surface area (Å²) in [5.41, 5.74) is -0.0366. The molecular weight excluding hydrogens is 560 g/mol. The number of ether oxygens (including phenoxy) is 1. The number of alkyl carbamates (subject to hydrolysis) is 1. The number of fused-ring (bicyclic) bond motifs is 3. The quantitative estimate of drug-likeness (QED) is 0.475. The molecule has 7 atom stereocenters. The first kappa shape index (κ1) is 30.3. The lowest BCUT2D eigenvalue weighted by Gasteiger charge is -2.39. The first-order valence-corrected chi connectivity index (χ1v) is 15.9. The smallest absolute Gasteiger partial charge is 0.408 e. The number of carbonyl (C=O) groups excluding carboxylic acids is 3. The molecule has 4 fully saturated rings. The van der Waals surface area contributed by atoms with Gasteiger partial charge in [0.05, 0.1) is 23.0 Å². The number of nitrogens with zero attached hydrogens (tertiary/aromatic N) is 5. The molecule has 0 spiro atoms. The average molecular weight is 601 g/mol. The van der Waals surface area contributed by atoms with Crippen molar-refractivity contribution in [3.05, 3.63) is 29.8 Å². The average Bonchev–Trinajstić information content (AvgIpc) is 3.23. The first-order chi connectivity index (χ1) is 19.6. The van der Waals surface area contributed by atoms with Gasteiger partial charge >= 0.3 is 6.09 Å². The monoisotopic (exact) mass is 600 g/mol. The van der Waals surface area contributed by atoms with Gasteiger partial charge < -0.3 is 19.9 Å². The molecule has 0 aromatic heterocycles. The molecule has 1 saturated carbocycles. The third-order valence-corrected chi connectivity index (χ3v) is 10.6. The fraction of sp³-hybridized carbons (Fsp3) is 0.655. The summed E-state index contributed by atoms with van der Waals surface area (Å²) in [5, 5.41) is 12.4. The number of nitriles is 1. The Morgan fingerprint density at radius 2 is 1.93 bits per heavy atom. The summed E-state index contributed by atoms with van der Waals surface area (Å²) in [6.45, 7) is 7.74. The minimum atomic E-state index is -3.63. The molecule has 3 amide bonds. The van der Waals surface area contributed by atoms with E-state index < -0.39 is 39.8 Å². The number of nitrogens with one attached hydrogen (secondary N) is 1. The third kappa shape index (κ3) is 5.59. The molecule has 1 aliphatic carbocycles. The summed E-state index contributed by atoms with van der Waals surface area (Å²) < 4.78 is 32.0. The molecule has 1 N–H and O–H groups in total. The molecule has 3 saturated heterocycles. The molecule has 12 nitrogen and oxygen atoms in total. The van der Waals surface area contributed by atoms with Crippen molar-refractivity contribution in [3.8, 4) is 6.07 Å². The maximum atomic E-state index is 13.8. The predicted molar refractivity (Wildman–Crippen MR) is 152 cm³/mol. The summed E-state index contributed by atoms with van der Waals surface area (Å²) in [6, 6.07) is 6.47. The van der Waals surface area contributed by atoms with Gasteiger partial charge in [-0.05, 0) is 70.6 Å².